The number of hydrogen-bond acceptors (Lipinski definition) is 4. The van der Waals surface area contributed by atoms with Crippen molar-refractivity contribution < 1.29 is 0 Å². The average Bonchev–Trinajstić information content (AvgIpc) is 2.38. The lowest BCUT2D eigenvalue weighted by atomic mass is 10.2. The van der Waals surface area contributed by atoms with Crippen molar-refractivity contribution in [1.82, 2.24) is 9.88 Å². The summed E-state index contributed by atoms with van der Waals surface area (Å²) < 4.78 is 0. The van der Waals surface area contributed by atoms with E-state index in [0.29, 0.717) is 0 Å². The van der Waals surface area contributed by atoms with Crippen molar-refractivity contribution in [1.29, 1.82) is 0 Å². The van der Waals surface area contributed by atoms with Crippen molar-refractivity contribution in [2.45, 2.75) is 6.42 Å². The van der Waals surface area contributed by atoms with Crippen LogP contribution in [0.4, 0.5) is 5.69 Å². The van der Waals surface area contributed by atoms with Gasteiger partial charge in [-0.1, -0.05) is 11.6 Å². The number of piperazine rings is 1. The molecule has 1 aliphatic rings. The minimum Gasteiger partial charge on any atom is -0.368 e. The molecular weight excluding hydrogens is 236 g/mol. The third kappa shape index (κ3) is 3.31. The van der Waals surface area contributed by atoms with Crippen LogP contribution in [-0.4, -0.2) is 49.2 Å². The number of hydrogen-bond donors (Lipinski definition) is 1. The molecule has 0 atom stereocenters. The predicted molar refractivity (Wildman–Crippen MR) is 71.6 cm³/mol. The van der Waals surface area contributed by atoms with E-state index in [4.69, 9.17) is 17.3 Å². The molecule has 1 aromatic heterocycles. The van der Waals surface area contributed by atoms with Crippen LogP contribution in [0.3, 0.4) is 0 Å². The van der Waals surface area contributed by atoms with Gasteiger partial charge in [-0.25, -0.2) is 0 Å². The standard InChI is InChI=1S/C12H19ClN4/c13-11-10-15-4-2-12(11)17-8-6-16(7-9-17)5-1-3-14/h2,4,10H,1,3,5-9,14H2. The molecule has 1 saturated heterocycles. The maximum atomic E-state index is 6.14. The number of anilines is 1. The second kappa shape index (κ2) is 6.19. The van der Waals surface area contributed by atoms with Gasteiger partial charge in [0.1, 0.15) is 0 Å². The topological polar surface area (TPSA) is 45.4 Å². The highest BCUT2D eigenvalue weighted by Gasteiger charge is 2.18. The summed E-state index contributed by atoms with van der Waals surface area (Å²) in [6.45, 7) is 6.09. The lowest BCUT2D eigenvalue weighted by molar-refractivity contribution is 0.256. The van der Waals surface area contributed by atoms with Crippen molar-refractivity contribution >= 4 is 17.3 Å². The van der Waals surface area contributed by atoms with E-state index in [1.165, 1.54) is 0 Å². The first-order valence-electron chi connectivity index (χ1n) is 6.08. The quantitative estimate of drug-likeness (QED) is 0.877. The SMILES string of the molecule is NCCCN1CCN(c2ccncc2Cl)CC1. The van der Waals surface area contributed by atoms with Gasteiger partial charge in [0.15, 0.2) is 0 Å². The Bertz CT molecular complexity index is 350. The maximum absolute atomic E-state index is 6.14. The molecule has 0 saturated carbocycles. The predicted octanol–water partition coefficient (Wildman–Crippen LogP) is 1.21. The van der Waals surface area contributed by atoms with Crippen LogP contribution >= 0.6 is 11.6 Å². The zero-order valence-corrected chi connectivity index (χ0v) is 10.7. The highest BCUT2D eigenvalue weighted by molar-refractivity contribution is 6.33. The molecule has 0 amide bonds. The third-order valence-corrected chi connectivity index (χ3v) is 3.43. The molecule has 1 aromatic rings. The Labute approximate surface area is 107 Å². The molecule has 1 fully saturated rings. The summed E-state index contributed by atoms with van der Waals surface area (Å²) in [6, 6.07) is 1.98. The number of nitrogens with two attached hydrogens (primary N) is 1. The Hall–Kier alpha value is -0.840. The molecule has 0 radical (unpaired) electrons. The molecule has 17 heavy (non-hydrogen) atoms. The largest absolute Gasteiger partial charge is 0.368 e. The van der Waals surface area contributed by atoms with Gasteiger partial charge in [-0.2, -0.15) is 0 Å². The molecule has 1 aliphatic heterocycles. The summed E-state index contributed by atoms with van der Waals surface area (Å²) in [5, 5.41) is 0.739. The van der Waals surface area contributed by atoms with E-state index in [9.17, 15) is 0 Å². The first-order valence-corrected chi connectivity index (χ1v) is 6.46. The molecular formula is C12H19ClN4. The molecule has 5 heteroatoms. The fraction of sp³-hybridized carbons (Fsp3) is 0.583. The lowest BCUT2D eigenvalue weighted by Crippen LogP contribution is -2.47. The Morgan fingerprint density at radius 2 is 2.06 bits per heavy atom. The molecule has 0 aliphatic carbocycles. The smallest absolute Gasteiger partial charge is 0.0822 e. The highest BCUT2D eigenvalue weighted by atomic mass is 35.5. The first kappa shape index (κ1) is 12.6. The number of pyridine rings is 1. The summed E-state index contributed by atoms with van der Waals surface area (Å²) in [7, 11) is 0. The van der Waals surface area contributed by atoms with E-state index in [1.807, 2.05) is 6.07 Å². The summed E-state index contributed by atoms with van der Waals surface area (Å²) in [5.74, 6) is 0. The van der Waals surface area contributed by atoms with Gasteiger partial charge < -0.3 is 10.6 Å². The maximum Gasteiger partial charge on any atom is 0.0822 e. The van der Waals surface area contributed by atoms with E-state index < -0.39 is 0 Å². The molecule has 2 rings (SSSR count). The summed E-state index contributed by atoms with van der Waals surface area (Å²) in [4.78, 5) is 8.79. The Balaban J connectivity index is 1.89. The average molecular weight is 255 g/mol. The zero-order valence-electron chi connectivity index (χ0n) is 9.98. The van der Waals surface area contributed by atoms with Crippen molar-refractivity contribution in [2.75, 3.05) is 44.2 Å². The first-order chi connectivity index (χ1) is 8.31. The van der Waals surface area contributed by atoms with Gasteiger partial charge in [0.25, 0.3) is 0 Å². The van der Waals surface area contributed by atoms with Gasteiger partial charge in [0.05, 0.1) is 10.7 Å². The second-order valence-electron chi connectivity index (χ2n) is 4.30. The van der Waals surface area contributed by atoms with E-state index >= 15 is 0 Å². The van der Waals surface area contributed by atoms with Crippen molar-refractivity contribution in [2.24, 2.45) is 5.73 Å². The summed E-state index contributed by atoms with van der Waals surface area (Å²) in [6.07, 6.45) is 4.58. The number of aromatic nitrogens is 1. The molecule has 94 valence electrons. The van der Waals surface area contributed by atoms with Crippen molar-refractivity contribution in [3.05, 3.63) is 23.5 Å². The van der Waals surface area contributed by atoms with Crippen LogP contribution in [0.15, 0.2) is 18.5 Å². The minimum atomic E-state index is 0.739. The van der Waals surface area contributed by atoms with E-state index in [-0.39, 0.29) is 0 Å². The fourth-order valence-electron chi connectivity index (χ4n) is 2.15. The molecule has 0 aromatic carbocycles. The van der Waals surface area contributed by atoms with E-state index in [0.717, 1.165) is 56.4 Å². The van der Waals surface area contributed by atoms with E-state index in [2.05, 4.69) is 14.8 Å². The highest BCUT2D eigenvalue weighted by Crippen LogP contribution is 2.24. The molecule has 0 bridgehead atoms. The van der Waals surface area contributed by atoms with Gasteiger partial charge in [0.2, 0.25) is 0 Å². The molecule has 2 N–H and O–H groups in total. The summed E-state index contributed by atoms with van der Waals surface area (Å²) in [5.41, 5.74) is 6.62. The van der Waals surface area contributed by atoms with Gasteiger partial charge in [-0.3, -0.25) is 9.88 Å². The van der Waals surface area contributed by atoms with Gasteiger partial charge in [0, 0.05) is 38.6 Å². The fourth-order valence-corrected chi connectivity index (χ4v) is 2.39. The van der Waals surface area contributed by atoms with Crippen LogP contribution in [-0.2, 0) is 0 Å². The minimum absolute atomic E-state index is 0.739. The van der Waals surface area contributed by atoms with Gasteiger partial charge in [-0.05, 0) is 25.6 Å². The van der Waals surface area contributed by atoms with Crippen LogP contribution in [0, 0.1) is 0 Å². The second-order valence-corrected chi connectivity index (χ2v) is 4.71. The van der Waals surface area contributed by atoms with Crippen LogP contribution in [0.1, 0.15) is 6.42 Å². The van der Waals surface area contributed by atoms with Crippen molar-refractivity contribution in [3.63, 3.8) is 0 Å². The van der Waals surface area contributed by atoms with Gasteiger partial charge in [-0.15, -0.1) is 0 Å². The summed E-state index contributed by atoms with van der Waals surface area (Å²) >= 11 is 6.14. The van der Waals surface area contributed by atoms with Crippen LogP contribution in [0.5, 0.6) is 0 Å². The monoisotopic (exact) mass is 254 g/mol. The molecule has 4 nitrogen and oxygen atoms in total. The number of halogens is 1. The normalized spacial score (nSPS) is 17.4. The van der Waals surface area contributed by atoms with Crippen LogP contribution in [0.25, 0.3) is 0 Å². The molecule has 2 heterocycles. The van der Waals surface area contributed by atoms with Gasteiger partial charge >= 0.3 is 0 Å². The van der Waals surface area contributed by atoms with Crippen LogP contribution in [0.2, 0.25) is 5.02 Å². The number of rotatable bonds is 4. The molecule has 0 unspecified atom stereocenters. The third-order valence-electron chi connectivity index (χ3n) is 3.14. The van der Waals surface area contributed by atoms with E-state index in [1.54, 1.807) is 12.4 Å². The number of nitrogens with zero attached hydrogens (tertiary/aromatic N) is 3. The zero-order chi connectivity index (χ0) is 12.1. The lowest BCUT2D eigenvalue weighted by Gasteiger charge is -2.36. The Morgan fingerprint density at radius 1 is 1.29 bits per heavy atom. The van der Waals surface area contributed by atoms with Crippen molar-refractivity contribution in [3.8, 4) is 0 Å². The molecule has 0 spiro atoms. The Kier molecular flexibility index (Phi) is 4.59. The Morgan fingerprint density at radius 3 is 2.71 bits per heavy atom. The van der Waals surface area contributed by atoms with Crippen LogP contribution < -0.4 is 10.6 Å².